The molecule has 1 aliphatic carbocycles. The van der Waals surface area contributed by atoms with Crippen LogP contribution < -0.4 is 5.32 Å². The fraction of sp³-hybridized carbons (Fsp3) is 0.625. The molecule has 0 amide bonds. The summed E-state index contributed by atoms with van der Waals surface area (Å²) in [4.78, 5) is 0. The van der Waals surface area contributed by atoms with Gasteiger partial charge in [0.2, 0.25) is 0 Å². The van der Waals surface area contributed by atoms with Crippen molar-refractivity contribution >= 4 is 0 Å². The van der Waals surface area contributed by atoms with E-state index in [9.17, 15) is 4.39 Å². The molecule has 0 saturated heterocycles. The first kappa shape index (κ1) is 13.5. The molecule has 100 valence electrons. The molecule has 2 atom stereocenters. The number of rotatable bonds is 4. The van der Waals surface area contributed by atoms with E-state index in [1.807, 2.05) is 12.1 Å². The average molecular weight is 249 g/mol. The third-order valence-corrected chi connectivity index (χ3v) is 4.05. The second kappa shape index (κ2) is 5.00. The van der Waals surface area contributed by atoms with Gasteiger partial charge >= 0.3 is 0 Å². The van der Waals surface area contributed by atoms with Crippen LogP contribution in [0.4, 0.5) is 4.39 Å². The molecule has 0 spiro atoms. The summed E-state index contributed by atoms with van der Waals surface area (Å²) < 4.78 is 13.0. The Hall–Kier alpha value is -0.890. The van der Waals surface area contributed by atoms with Crippen LogP contribution in [0, 0.1) is 17.2 Å². The molecule has 1 N–H and O–H groups in total. The van der Waals surface area contributed by atoms with Gasteiger partial charge in [0.1, 0.15) is 5.82 Å². The summed E-state index contributed by atoms with van der Waals surface area (Å²) in [7, 11) is 0. The van der Waals surface area contributed by atoms with E-state index in [4.69, 9.17) is 0 Å². The second-order valence-electron chi connectivity index (χ2n) is 6.62. The number of halogens is 1. The normalized spacial score (nSPS) is 19.6. The van der Waals surface area contributed by atoms with E-state index in [1.165, 1.54) is 18.4 Å². The summed E-state index contributed by atoms with van der Waals surface area (Å²) >= 11 is 0. The average Bonchev–Trinajstić information content (AvgIpc) is 3.09. The highest BCUT2D eigenvalue weighted by Crippen LogP contribution is 2.42. The van der Waals surface area contributed by atoms with Crippen LogP contribution >= 0.6 is 0 Å². The lowest BCUT2D eigenvalue weighted by Crippen LogP contribution is -2.40. The first-order valence-electron chi connectivity index (χ1n) is 6.89. The molecule has 1 saturated carbocycles. The van der Waals surface area contributed by atoms with Crippen LogP contribution in [-0.2, 0) is 0 Å². The summed E-state index contributed by atoms with van der Waals surface area (Å²) in [6, 6.07) is 7.77. The van der Waals surface area contributed by atoms with Gasteiger partial charge in [0.15, 0.2) is 0 Å². The van der Waals surface area contributed by atoms with Gasteiger partial charge in [0, 0.05) is 12.1 Å². The number of hydrogen-bond acceptors (Lipinski definition) is 1. The molecule has 2 heteroatoms. The van der Waals surface area contributed by atoms with Crippen molar-refractivity contribution in [2.24, 2.45) is 11.3 Å². The Labute approximate surface area is 110 Å². The van der Waals surface area contributed by atoms with Crippen LogP contribution in [0.25, 0.3) is 0 Å². The Balaban J connectivity index is 2.11. The lowest BCUT2D eigenvalue weighted by Gasteiger charge is -2.33. The van der Waals surface area contributed by atoms with Crippen molar-refractivity contribution in [2.45, 2.75) is 52.6 Å². The summed E-state index contributed by atoms with van der Waals surface area (Å²) in [5, 5.41) is 3.73. The Morgan fingerprint density at radius 1 is 1.17 bits per heavy atom. The molecule has 1 nitrogen and oxygen atoms in total. The first-order chi connectivity index (χ1) is 8.38. The van der Waals surface area contributed by atoms with Crippen molar-refractivity contribution in [1.29, 1.82) is 0 Å². The lowest BCUT2D eigenvalue weighted by atomic mass is 9.86. The zero-order chi connectivity index (χ0) is 13.3. The summed E-state index contributed by atoms with van der Waals surface area (Å²) in [5.74, 6) is 0.567. The van der Waals surface area contributed by atoms with E-state index in [1.54, 1.807) is 12.1 Å². The molecule has 1 aliphatic rings. The molecule has 2 unspecified atom stereocenters. The number of nitrogens with one attached hydrogen (secondary N) is 1. The van der Waals surface area contributed by atoms with Crippen LogP contribution in [0.2, 0.25) is 0 Å². The van der Waals surface area contributed by atoms with Crippen molar-refractivity contribution in [2.75, 3.05) is 0 Å². The topological polar surface area (TPSA) is 12.0 Å². The first-order valence-corrected chi connectivity index (χ1v) is 6.89. The minimum absolute atomic E-state index is 0.155. The largest absolute Gasteiger partial charge is 0.307 e. The van der Waals surface area contributed by atoms with Crippen molar-refractivity contribution < 1.29 is 4.39 Å². The zero-order valence-electron chi connectivity index (χ0n) is 11.8. The maximum absolute atomic E-state index is 13.0. The minimum Gasteiger partial charge on any atom is -0.307 e. The monoisotopic (exact) mass is 249 g/mol. The predicted octanol–water partition coefficient (Wildman–Crippen LogP) is 4.30. The van der Waals surface area contributed by atoms with Crippen molar-refractivity contribution in [1.82, 2.24) is 5.32 Å². The fourth-order valence-electron chi connectivity index (χ4n) is 2.12. The molecule has 1 fully saturated rings. The molecule has 0 radical (unpaired) electrons. The van der Waals surface area contributed by atoms with E-state index < -0.39 is 0 Å². The molecule has 18 heavy (non-hydrogen) atoms. The molecular formula is C16H24FN. The summed E-state index contributed by atoms with van der Waals surface area (Å²) in [5.41, 5.74) is 1.46. The SMILES string of the molecule is CC(NC(c1ccc(F)cc1)C1CC1)C(C)(C)C. The summed E-state index contributed by atoms with van der Waals surface area (Å²) in [6.45, 7) is 8.98. The standard InChI is InChI=1S/C16H24FN/c1-11(16(2,3)4)18-15(12-5-6-12)13-7-9-14(17)10-8-13/h7-12,15,18H,5-6H2,1-4H3. The highest BCUT2D eigenvalue weighted by molar-refractivity contribution is 5.22. The number of benzene rings is 1. The van der Waals surface area contributed by atoms with Crippen LogP contribution in [-0.4, -0.2) is 6.04 Å². The fourth-order valence-corrected chi connectivity index (χ4v) is 2.12. The van der Waals surface area contributed by atoms with Gasteiger partial charge in [-0.05, 0) is 48.8 Å². The van der Waals surface area contributed by atoms with Gasteiger partial charge in [-0.2, -0.15) is 0 Å². The lowest BCUT2D eigenvalue weighted by molar-refractivity contribution is 0.254. The van der Waals surface area contributed by atoms with Gasteiger partial charge in [-0.25, -0.2) is 4.39 Å². The highest BCUT2D eigenvalue weighted by atomic mass is 19.1. The van der Waals surface area contributed by atoms with Gasteiger partial charge in [-0.1, -0.05) is 32.9 Å². The van der Waals surface area contributed by atoms with Crippen LogP contribution in [0.3, 0.4) is 0 Å². The van der Waals surface area contributed by atoms with Crippen LogP contribution in [0.1, 0.15) is 52.1 Å². The van der Waals surface area contributed by atoms with E-state index >= 15 is 0 Å². The van der Waals surface area contributed by atoms with Crippen LogP contribution in [0.15, 0.2) is 24.3 Å². The van der Waals surface area contributed by atoms with Gasteiger partial charge < -0.3 is 5.32 Å². The van der Waals surface area contributed by atoms with Crippen molar-refractivity contribution in [3.8, 4) is 0 Å². The maximum Gasteiger partial charge on any atom is 0.123 e. The molecule has 0 aromatic heterocycles. The van der Waals surface area contributed by atoms with Gasteiger partial charge in [-0.3, -0.25) is 0 Å². The van der Waals surface area contributed by atoms with E-state index in [2.05, 4.69) is 33.0 Å². The Morgan fingerprint density at radius 2 is 1.72 bits per heavy atom. The molecule has 0 aliphatic heterocycles. The van der Waals surface area contributed by atoms with Crippen molar-refractivity contribution in [3.05, 3.63) is 35.6 Å². The summed E-state index contributed by atoms with van der Waals surface area (Å²) in [6.07, 6.45) is 2.57. The Kier molecular flexibility index (Phi) is 3.76. The molecule has 1 aromatic carbocycles. The van der Waals surface area contributed by atoms with Crippen molar-refractivity contribution in [3.63, 3.8) is 0 Å². The smallest absolute Gasteiger partial charge is 0.123 e. The quantitative estimate of drug-likeness (QED) is 0.839. The van der Waals surface area contributed by atoms with Gasteiger partial charge in [0.05, 0.1) is 0 Å². The van der Waals surface area contributed by atoms with E-state index in [-0.39, 0.29) is 11.2 Å². The molecule has 2 rings (SSSR count). The maximum atomic E-state index is 13.0. The third kappa shape index (κ3) is 3.32. The Bertz CT molecular complexity index is 387. The van der Waals surface area contributed by atoms with Gasteiger partial charge in [0.25, 0.3) is 0 Å². The van der Waals surface area contributed by atoms with Gasteiger partial charge in [-0.15, -0.1) is 0 Å². The molecular weight excluding hydrogens is 225 g/mol. The second-order valence-corrected chi connectivity index (χ2v) is 6.62. The van der Waals surface area contributed by atoms with Crippen LogP contribution in [0.5, 0.6) is 0 Å². The minimum atomic E-state index is -0.155. The molecule has 0 heterocycles. The number of hydrogen-bond donors (Lipinski definition) is 1. The molecule has 0 bridgehead atoms. The van der Waals surface area contributed by atoms with E-state index in [0.717, 1.165) is 5.92 Å². The predicted molar refractivity (Wildman–Crippen MR) is 73.9 cm³/mol. The third-order valence-electron chi connectivity index (χ3n) is 4.05. The zero-order valence-corrected chi connectivity index (χ0v) is 11.8. The Morgan fingerprint density at radius 3 is 2.17 bits per heavy atom. The molecule has 1 aromatic rings. The highest BCUT2D eigenvalue weighted by Gasteiger charge is 2.34. The van der Waals surface area contributed by atoms with E-state index in [0.29, 0.717) is 12.1 Å².